The van der Waals surface area contributed by atoms with Crippen molar-refractivity contribution in [3.8, 4) is 0 Å². The molecular weight excluding hydrogens is 285 g/mol. The number of nitrogens with zero attached hydrogens (tertiary/aromatic N) is 1. The van der Waals surface area contributed by atoms with E-state index in [4.69, 9.17) is 10.5 Å². The van der Waals surface area contributed by atoms with Gasteiger partial charge in [-0.15, -0.1) is 12.4 Å². The van der Waals surface area contributed by atoms with Crippen LogP contribution in [0.4, 0.5) is 13.2 Å². The molecule has 0 aromatic rings. The number of likely N-dealkylation sites (tertiary alicyclic amines) is 1. The largest absolute Gasteiger partial charge is 0.389 e. The number of rotatable bonds is 4. The van der Waals surface area contributed by atoms with Crippen molar-refractivity contribution in [2.45, 2.75) is 44.0 Å². The lowest BCUT2D eigenvalue weighted by atomic mass is 9.98. The number of carbonyl (C=O) groups excluding carboxylic acids is 1. The van der Waals surface area contributed by atoms with Gasteiger partial charge in [0, 0.05) is 32.7 Å². The second-order valence-corrected chi connectivity index (χ2v) is 4.47. The summed E-state index contributed by atoms with van der Waals surface area (Å²) in [5.41, 5.74) is 5.56. The molecule has 1 aliphatic rings. The van der Waals surface area contributed by atoms with Crippen LogP contribution in [0.2, 0.25) is 0 Å². The van der Waals surface area contributed by atoms with E-state index < -0.39 is 24.9 Å². The highest BCUT2D eigenvalue weighted by Gasteiger charge is 2.33. The zero-order valence-corrected chi connectivity index (χ0v) is 11.6. The summed E-state index contributed by atoms with van der Waals surface area (Å²) >= 11 is 0. The SMILES string of the molecule is COC1CCN(C(=O)CCC(F)(F)F)C(CN)C1.Cl. The maximum Gasteiger partial charge on any atom is 0.389 e. The van der Waals surface area contributed by atoms with Crippen molar-refractivity contribution in [1.82, 2.24) is 4.90 Å². The Morgan fingerprint density at radius 3 is 2.58 bits per heavy atom. The lowest BCUT2D eigenvalue weighted by Gasteiger charge is -2.38. The number of hydrogen-bond acceptors (Lipinski definition) is 3. The molecule has 0 radical (unpaired) electrons. The molecule has 8 heteroatoms. The molecule has 1 aliphatic heterocycles. The van der Waals surface area contributed by atoms with Crippen molar-refractivity contribution in [2.75, 3.05) is 20.2 Å². The molecule has 2 N–H and O–H groups in total. The fraction of sp³-hybridized carbons (Fsp3) is 0.909. The maximum absolute atomic E-state index is 12.1. The van der Waals surface area contributed by atoms with Gasteiger partial charge >= 0.3 is 6.18 Å². The van der Waals surface area contributed by atoms with Crippen molar-refractivity contribution in [3.05, 3.63) is 0 Å². The van der Waals surface area contributed by atoms with Gasteiger partial charge in [0.15, 0.2) is 0 Å². The first-order chi connectivity index (χ1) is 8.37. The number of nitrogens with two attached hydrogens (primary N) is 1. The first kappa shape index (κ1) is 18.5. The molecule has 1 heterocycles. The fourth-order valence-corrected chi connectivity index (χ4v) is 2.17. The molecule has 1 amide bonds. The third kappa shape index (κ3) is 5.97. The predicted molar refractivity (Wildman–Crippen MR) is 67.1 cm³/mol. The van der Waals surface area contributed by atoms with Crippen molar-refractivity contribution < 1.29 is 22.7 Å². The Morgan fingerprint density at radius 2 is 2.11 bits per heavy atom. The summed E-state index contributed by atoms with van der Waals surface area (Å²) in [6.45, 7) is 0.661. The van der Waals surface area contributed by atoms with Gasteiger partial charge in [-0.05, 0) is 12.8 Å². The molecule has 0 saturated carbocycles. The zero-order valence-electron chi connectivity index (χ0n) is 10.8. The minimum atomic E-state index is -4.29. The van der Waals surface area contributed by atoms with Gasteiger partial charge in [-0.3, -0.25) is 4.79 Å². The number of amides is 1. The monoisotopic (exact) mass is 304 g/mol. The normalized spacial score (nSPS) is 23.9. The Bertz CT molecular complexity index is 290. The van der Waals surface area contributed by atoms with Crippen LogP contribution in [0.25, 0.3) is 0 Å². The van der Waals surface area contributed by atoms with E-state index in [1.165, 1.54) is 4.90 Å². The second kappa shape index (κ2) is 7.91. The molecule has 0 aromatic carbocycles. The average molecular weight is 305 g/mol. The van der Waals surface area contributed by atoms with Crippen LogP contribution < -0.4 is 5.73 Å². The second-order valence-electron chi connectivity index (χ2n) is 4.47. The summed E-state index contributed by atoms with van der Waals surface area (Å²) in [6, 6.07) is -0.218. The third-order valence-corrected chi connectivity index (χ3v) is 3.22. The molecule has 1 rings (SSSR count). The highest BCUT2D eigenvalue weighted by molar-refractivity contribution is 5.85. The Kier molecular flexibility index (Phi) is 7.69. The number of ether oxygens (including phenoxy) is 1. The molecule has 0 aliphatic carbocycles. The van der Waals surface area contributed by atoms with Crippen molar-refractivity contribution in [2.24, 2.45) is 5.73 Å². The smallest absolute Gasteiger partial charge is 0.381 e. The van der Waals surface area contributed by atoms with Crippen LogP contribution in [-0.4, -0.2) is 49.3 Å². The number of carbonyl (C=O) groups is 1. The first-order valence-corrected chi connectivity index (χ1v) is 5.96. The summed E-state index contributed by atoms with van der Waals surface area (Å²) in [6.07, 6.45) is -4.61. The Morgan fingerprint density at radius 1 is 1.47 bits per heavy atom. The molecule has 0 spiro atoms. The van der Waals surface area contributed by atoms with Gasteiger partial charge in [0.1, 0.15) is 0 Å². The number of hydrogen-bond donors (Lipinski definition) is 1. The van der Waals surface area contributed by atoms with Crippen molar-refractivity contribution >= 4 is 18.3 Å². The summed E-state index contributed by atoms with van der Waals surface area (Å²) in [7, 11) is 1.58. The lowest BCUT2D eigenvalue weighted by Crippen LogP contribution is -2.51. The summed E-state index contributed by atoms with van der Waals surface area (Å²) in [5.74, 6) is -0.475. The number of piperidine rings is 1. The van der Waals surface area contributed by atoms with Gasteiger partial charge in [0.05, 0.1) is 12.5 Å². The Labute approximate surface area is 116 Å². The molecule has 1 fully saturated rings. The van der Waals surface area contributed by atoms with E-state index in [9.17, 15) is 18.0 Å². The van der Waals surface area contributed by atoms with Gasteiger partial charge in [-0.2, -0.15) is 13.2 Å². The molecule has 1 saturated heterocycles. The zero-order chi connectivity index (χ0) is 13.8. The van der Waals surface area contributed by atoms with Gasteiger partial charge in [-0.1, -0.05) is 0 Å². The van der Waals surface area contributed by atoms with E-state index in [2.05, 4.69) is 0 Å². The Balaban J connectivity index is 0.00000324. The number of methoxy groups -OCH3 is 1. The van der Waals surface area contributed by atoms with E-state index in [1.807, 2.05) is 0 Å². The van der Waals surface area contributed by atoms with Gasteiger partial charge in [0.2, 0.25) is 5.91 Å². The standard InChI is InChI=1S/C11H19F3N2O2.ClH/c1-18-9-3-5-16(8(6-9)7-15)10(17)2-4-11(12,13)14;/h8-9H,2-7,15H2,1H3;1H. The van der Waals surface area contributed by atoms with Crippen LogP contribution in [0.3, 0.4) is 0 Å². The molecule has 0 bridgehead atoms. The molecular formula is C11H20ClF3N2O2. The number of halogens is 4. The van der Waals surface area contributed by atoms with Crippen molar-refractivity contribution in [3.63, 3.8) is 0 Å². The fourth-order valence-electron chi connectivity index (χ4n) is 2.17. The third-order valence-electron chi connectivity index (χ3n) is 3.22. The average Bonchev–Trinajstić information content (AvgIpc) is 2.34. The van der Waals surface area contributed by atoms with Crippen LogP contribution in [0.1, 0.15) is 25.7 Å². The maximum atomic E-state index is 12.1. The van der Waals surface area contributed by atoms with Crippen LogP contribution in [0.15, 0.2) is 0 Å². The van der Waals surface area contributed by atoms with Crippen molar-refractivity contribution in [1.29, 1.82) is 0 Å². The van der Waals surface area contributed by atoms with E-state index >= 15 is 0 Å². The van der Waals surface area contributed by atoms with Crippen LogP contribution in [0.5, 0.6) is 0 Å². The quantitative estimate of drug-likeness (QED) is 0.860. The van der Waals surface area contributed by atoms with E-state index in [0.717, 1.165) is 0 Å². The molecule has 0 aromatic heterocycles. The molecule has 114 valence electrons. The summed E-state index contributed by atoms with van der Waals surface area (Å²) in [5, 5.41) is 0. The number of alkyl halides is 3. The molecule has 2 atom stereocenters. The van der Waals surface area contributed by atoms with E-state index in [0.29, 0.717) is 19.4 Å². The summed E-state index contributed by atoms with van der Waals surface area (Å²) in [4.78, 5) is 13.2. The van der Waals surface area contributed by atoms with Crippen LogP contribution in [-0.2, 0) is 9.53 Å². The van der Waals surface area contributed by atoms with Crippen LogP contribution in [0, 0.1) is 0 Å². The van der Waals surface area contributed by atoms with Crippen LogP contribution >= 0.6 is 12.4 Å². The topological polar surface area (TPSA) is 55.6 Å². The predicted octanol–water partition coefficient (Wildman–Crippen LogP) is 1.72. The Hall–Kier alpha value is -0.530. The van der Waals surface area contributed by atoms with Gasteiger partial charge in [0.25, 0.3) is 0 Å². The molecule has 2 unspecified atom stereocenters. The van der Waals surface area contributed by atoms with Gasteiger partial charge in [-0.25, -0.2) is 0 Å². The lowest BCUT2D eigenvalue weighted by molar-refractivity contribution is -0.152. The highest BCUT2D eigenvalue weighted by atomic mass is 35.5. The minimum Gasteiger partial charge on any atom is -0.381 e. The summed E-state index contributed by atoms with van der Waals surface area (Å²) < 4.78 is 41.4. The molecule has 19 heavy (non-hydrogen) atoms. The highest BCUT2D eigenvalue weighted by Crippen LogP contribution is 2.24. The van der Waals surface area contributed by atoms with E-state index in [1.54, 1.807) is 7.11 Å². The van der Waals surface area contributed by atoms with Gasteiger partial charge < -0.3 is 15.4 Å². The first-order valence-electron chi connectivity index (χ1n) is 5.96. The minimum absolute atomic E-state index is 0. The van der Waals surface area contributed by atoms with E-state index in [-0.39, 0.29) is 31.1 Å². The molecule has 4 nitrogen and oxygen atoms in total.